The van der Waals surface area contributed by atoms with Crippen molar-refractivity contribution in [1.29, 1.82) is 0 Å². The molecule has 0 heterocycles. The largest absolute Gasteiger partial charge is 0.494 e. The molecule has 0 fully saturated rings. The average molecular weight is 1820 g/mol. The maximum absolute atomic E-state index is 5.79. The van der Waals surface area contributed by atoms with Crippen LogP contribution in [0.15, 0.2) is 267 Å². The van der Waals surface area contributed by atoms with Crippen molar-refractivity contribution in [3.63, 3.8) is 0 Å². The van der Waals surface area contributed by atoms with Crippen LogP contribution < -0.4 is 47.4 Å². The first-order valence-corrected chi connectivity index (χ1v) is 46.5. The summed E-state index contributed by atoms with van der Waals surface area (Å²) >= 11 is 25.3. The molecule has 10 aromatic carbocycles. The Morgan fingerprint density at radius 1 is 0.144 bits per heavy atom. The van der Waals surface area contributed by atoms with Gasteiger partial charge in [-0.3, -0.25) is 23.5 Å². The molecule has 0 amide bonds. The van der Waals surface area contributed by atoms with Crippen LogP contribution in [0.25, 0.3) is 0 Å². The number of halogens is 5. The minimum Gasteiger partial charge on any atom is -0.494 e. The van der Waals surface area contributed by atoms with Crippen LogP contribution in [0.3, 0.4) is 0 Å². The molecule has 0 bridgehead atoms. The monoisotopic (exact) mass is 1820 g/mol. The van der Waals surface area contributed by atoms with Gasteiger partial charge in [-0.2, -0.15) is 0 Å². The predicted octanol–water partition coefficient (Wildman–Crippen LogP) is 33.6. The molecule has 0 saturated heterocycles. The number of unbranched alkanes of at least 4 members (excludes halogenated alkanes) is 25. The van der Waals surface area contributed by atoms with E-state index in [0.717, 1.165) is 175 Å². The summed E-state index contributed by atoms with van der Waals surface area (Å²) in [4.78, 5) is 4.14. The summed E-state index contributed by atoms with van der Waals surface area (Å²) in [5.74, 6) is 8.86. The SMILES string of the molecule is CCCCCCCCOc1ccc(COc2ccc([S])cc2)cc1.CCCCCCCCOc1ccc(COc2ccc([S])cc2)cc1.CCCCCCCCOc1ccc(COc2ccc([S])cc2)cc1.CCCCCCCCOc1ccc(COc2ccc([S])cc2)cc1.CCCCCCCCOc1ccc(COc2ccc([S])cc2)cc1.F.F.F.F.F. The first kappa shape index (κ1) is 114. The highest BCUT2D eigenvalue weighted by atomic mass is 32.1. The van der Waals surface area contributed by atoms with Crippen LogP contribution in [0, 0.1) is 0 Å². The van der Waals surface area contributed by atoms with E-state index >= 15 is 0 Å². The lowest BCUT2D eigenvalue weighted by molar-refractivity contribution is 0.300. The molecule has 10 rings (SSSR count). The van der Waals surface area contributed by atoms with Crippen molar-refractivity contribution < 1.29 is 70.9 Å². The van der Waals surface area contributed by atoms with Crippen LogP contribution in [-0.4, -0.2) is 33.0 Å². The van der Waals surface area contributed by atoms with Gasteiger partial charge in [0.1, 0.15) is 90.5 Å². The Morgan fingerprint density at radius 3 is 0.392 bits per heavy atom. The van der Waals surface area contributed by atoms with E-state index in [1.807, 2.05) is 182 Å². The van der Waals surface area contributed by atoms with Crippen molar-refractivity contribution in [1.82, 2.24) is 0 Å². The van der Waals surface area contributed by atoms with Gasteiger partial charge in [0.15, 0.2) is 0 Å². The Hall–Kier alpha value is -9.05. The van der Waals surface area contributed by atoms with Gasteiger partial charge in [-0.05, 0) is 242 Å². The smallest absolute Gasteiger partial charge is 0.119 e. The number of rotatable bonds is 55. The van der Waals surface area contributed by atoms with Gasteiger partial charge in [0.2, 0.25) is 0 Å². The molecular weight excluding hydrogens is 1680 g/mol. The maximum Gasteiger partial charge on any atom is 0.119 e. The summed E-state index contributed by atoms with van der Waals surface area (Å²) in [5, 5.41) is 0. The summed E-state index contributed by atoms with van der Waals surface area (Å²) in [6, 6.07) is 78.5. The topological polar surface area (TPSA) is 92.3 Å². The molecule has 0 spiro atoms. The van der Waals surface area contributed by atoms with Gasteiger partial charge in [0.05, 0.1) is 33.0 Å². The van der Waals surface area contributed by atoms with Gasteiger partial charge >= 0.3 is 0 Å². The molecule has 0 unspecified atom stereocenters. The van der Waals surface area contributed by atoms with Gasteiger partial charge < -0.3 is 47.4 Å². The second kappa shape index (κ2) is 75.1. The normalized spacial score (nSPS) is 10.1. The van der Waals surface area contributed by atoms with Crippen molar-refractivity contribution in [2.75, 3.05) is 33.0 Å². The van der Waals surface area contributed by atoms with Crippen LogP contribution in [0.1, 0.15) is 255 Å². The molecule has 20 heteroatoms. The zero-order valence-corrected chi connectivity index (χ0v) is 78.6. The van der Waals surface area contributed by atoms with Crippen molar-refractivity contribution >= 4 is 63.1 Å². The number of benzene rings is 10. The number of hydrogen-bond donors (Lipinski definition) is 0. The van der Waals surface area contributed by atoms with Crippen LogP contribution in [-0.2, 0) is 33.0 Å². The van der Waals surface area contributed by atoms with Crippen molar-refractivity contribution in [3.8, 4) is 57.5 Å². The third kappa shape index (κ3) is 56.6. The minimum absolute atomic E-state index is 0. The predicted molar refractivity (Wildman–Crippen MR) is 522 cm³/mol. The third-order valence-corrected chi connectivity index (χ3v) is 21.0. The summed E-state index contributed by atoms with van der Waals surface area (Å²) in [5.41, 5.74) is 5.65. The lowest BCUT2D eigenvalue weighted by Gasteiger charge is -2.09. The summed E-state index contributed by atoms with van der Waals surface area (Å²) in [7, 11) is 0. The first-order valence-electron chi connectivity index (χ1n) is 44.5. The van der Waals surface area contributed by atoms with Crippen LogP contribution in [0.4, 0.5) is 23.5 Å². The maximum atomic E-state index is 5.79. The zero-order valence-electron chi connectivity index (χ0n) is 74.5. The second-order valence-electron chi connectivity index (χ2n) is 30.1. The van der Waals surface area contributed by atoms with Crippen LogP contribution in [0.2, 0.25) is 0 Å². The van der Waals surface area contributed by atoms with E-state index in [1.165, 1.54) is 161 Å². The zero-order chi connectivity index (χ0) is 85.2. The molecule has 0 aromatic heterocycles. The fraction of sp³-hybridized carbons (Fsp3) is 0.429. The standard InChI is InChI=1S/5C21H27O2S.5FH/c5*1-2-3-4-5-6-7-16-22-19-10-8-18(9-11-19)17-23-20-12-14-21(24)15-13-20;;;;;/h5*8-15H,2-7,16-17H2,1H3;5*1H. The Balaban J connectivity index is 0.000000774. The minimum atomic E-state index is 0. The van der Waals surface area contributed by atoms with Crippen LogP contribution in [0.5, 0.6) is 57.5 Å². The van der Waals surface area contributed by atoms with E-state index in [-0.39, 0.29) is 23.5 Å². The molecule has 10 nitrogen and oxygen atoms in total. The molecule has 5 radical (unpaired) electrons. The summed E-state index contributed by atoms with van der Waals surface area (Å²) in [6.07, 6.45) is 38.5. The lowest BCUT2D eigenvalue weighted by atomic mass is 10.1. The molecule has 0 aliphatic rings. The fourth-order valence-electron chi connectivity index (χ4n) is 12.3. The quantitative estimate of drug-likeness (QED) is 0.0271. The van der Waals surface area contributed by atoms with Gasteiger partial charge in [-0.1, -0.05) is 319 Å². The third-order valence-electron chi connectivity index (χ3n) is 19.6. The van der Waals surface area contributed by atoms with Gasteiger partial charge in [0, 0.05) is 24.5 Å². The van der Waals surface area contributed by atoms with Gasteiger partial charge in [-0.15, -0.1) is 0 Å². The Morgan fingerprint density at radius 2 is 0.256 bits per heavy atom. The van der Waals surface area contributed by atoms with Gasteiger partial charge in [-0.25, -0.2) is 0 Å². The second-order valence-corrected chi connectivity index (χ2v) is 32.5. The highest BCUT2D eigenvalue weighted by molar-refractivity contribution is 7.81. The Bertz CT molecular complexity index is 3470. The van der Waals surface area contributed by atoms with E-state index < -0.39 is 0 Å². The van der Waals surface area contributed by atoms with Gasteiger partial charge in [0.25, 0.3) is 0 Å². The molecule has 0 aliphatic carbocycles. The molecular formula is C105H140F5O10S5. The highest BCUT2D eigenvalue weighted by Gasteiger charge is 2.07. The first-order chi connectivity index (χ1) is 58.9. The molecule has 125 heavy (non-hydrogen) atoms. The summed E-state index contributed by atoms with van der Waals surface area (Å²) < 4.78 is 57.7. The molecule has 0 aliphatic heterocycles. The molecule has 0 atom stereocenters. The lowest BCUT2D eigenvalue weighted by Crippen LogP contribution is -1.98. The number of ether oxygens (including phenoxy) is 10. The summed E-state index contributed by atoms with van der Waals surface area (Å²) in [6.45, 7) is 18.0. The van der Waals surface area contributed by atoms with Crippen molar-refractivity contribution in [2.45, 2.75) is 285 Å². The van der Waals surface area contributed by atoms with Crippen LogP contribution >= 0.6 is 63.1 Å². The van der Waals surface area contributed by atoms with Crippen molar-refractivity contribution in [3.05, 3.63) is 270 Å². The Labute approximate surface area is 774 Å². The average Bonchev–Trinajstić information content (AvgIpc) is 0.918. The number of hydrogen-bond acceptors (Lipinski definition) is 10. The molecule has 0 N–H and O–H groups in total. The fourth-order valence-corrected chi connectivity index (χ4v) is 13.0. The molecule has 10 aromatic rings. The van der Waals surface area contributed by atoms with Crippen molar-refractivity contribution in [2.24, 2.45) is 0 Å². The Kier molecular flexibility index (Phi) is 68.5. The van der Waals surface area contributed by atoms with E-state index in [2.05, 4.69) is 95.3 Å². The van der Waals surface area contributed by atoms with E-state index in [4.69, 9.17) is 111 Å². The van der Waals surface area contributed by atoms with E-state index in [9.17, 15) is 0 Å². The molecule has 685 valence electrons. The molecule has 0 saturated carbocycles. The van der Waals surface area contributed by atoms with E-state index in [0.29, 0.717) is 33.0 Å². The van der Waals surface area contributed by atoms with E-state index in [1.54, 1.807) is 0 Å². The highest BCUT2D eigenvalue weighted by Crippen LogP contribution is 2.26.